The highest BCUT2D eigenvalue weighted by molar-refractivity contribution is 6.30. The summed E-state index contributed by atoms with van der Waals surface area (Å²) in [5, 5.41) is 19.0. The third-order valence-electron chi connectivity index (χ3n) is 4.53. The van der Waals surface area contributed by atoms with Crippen molar-refractivity contribution in [1.82, 2.24) is 20.0 Å². The molecule has 3 aromatic rings. The van der Waals surface area contributed by atoms with Gasteiger partial charge < -0.3 is 10.6 Å². The SMILES string of the molecule is Cc1cc(NC2=NC(N)(Cc3ccc(Cl)cc3)Nc3c2cnn3C(C)C)n[nH]1. The lowest BCUT2D eigenvalue weighted by atomic mass is 10.1. The molecule has 0 amide bonds. The summed E-state index contributed by atoms with van der Waals surface area (Å²) in [5.41, 5.74) is 9.51. The van der Waals surface area contributed by atoms with Crippen LogP contribution < -0.4 is 16.4 Å². The lowest BCUT2D eigenvalue weighted by Crippen LogP contribution is -2.52. The standard InChI is InChI=1S/C19H23ClN8/c1-11(2)28-18-15(10-22-28)17(23-16-8-12(3)26-27-16)24-19(21,25-18)9-13-4-6-14(20)7-5-13/h4-8,10-11,25H,9,21H2,1-3H3,(H2,23,24,26,27). The molecular formula is C19H23ClN8. The molecule has 9 heteroatoms. The van der Waals surface area contributed by atoms with Crippen molar-refractivity contribution in [3.63, 3.8) is 0 Å². The highest BCUT2D eigenvalue weighted by Crippen LogP contribution is 2.30. The zero-order valence-corrected chi connectivity index (χ0v) is 16.7. The van der Waals surface area contributed by atoms with Gasteiger partial charge in [-0.15, -0.1) is 0 Å². The molecular weight excluding hydrogens is 376 g/mol. The van der Waals surface area contributed by atoms with E-state index in [0.717, 1.165) is 22.6 Å². The Morgan fingerprint density at radius 2 is 2.04 bits per heavy atom. The minimum atomic E-state index is -1.04. The predicted octanol–water partition coefficient (Wildman–Crippen LogP) is 3.29. The van der Waals surface area contributed by atoms with E-state index in [-0.39, 0.29) is 6.04 Å². The highest BCUT2D eigenvalue weighted by atomic mass is 35.5. The van der Waals surface area contributed by atoms with Crippen LogP contribution in [0.3, 0.4) is 0 Å². The van der Waals surface area contributed by atoms with Crippen molar-refractivity contribution >= 4 is 29.1 Å². The number of fused-ring (bicyclic) bond motifs is 1. The van der Waals surface area contributed by atoms with Gasteiger partial charge in [-0.25, -0.2) is 9.67 Å². The molecule has 0 saturated heterocycles. The molecule has 1 aliphatic rings. The van der Waals surface area contributed by atoms with Crippen LogP contribution in [0.4, 0.5) is 11.6 Å². The van der Waals surface area contributed by atoms with E-state index in [9.17, 15) is 0 Å². The Hall–Kier alpha value is -2.84. The van der Waals surface area contributed by atoms with Crippen LogP contribution >= 0.6 is 11.6 Å². The maximum Gasteiger partial charge on any atom is 0.189 e. The van der Waals surface area contributed by atoms with Crippen LogP contribution in [-0.2, 0) is 6.42 Å². The number of rotatable bonds is 4. The van der Waals surface area contributed by atoms with E-state index in [2.05, 4.69) is 39.8 Å². The average molecular weight is 399 g/mol. The molecule has 5 N–H and O–H groups in total. The van der Waals surface area contributed by atoms with Gasteiger partial charge in [0.25, 0.3) is 0 Å². The summed E-state index contributed by atoms with van der Waals surface area (Å²) in [6, 6.07) is 9.68. The second-order valence-electron chi connectivity index (χ2n) is 7.32. The van der Waals surface area contributed by atoms with Gasteiger partial charge in [0.15, 0.2) is 11.6 Å². The smallest absolute Gasteiger partial charge is 0.189 e. The molecule has 0 saturated carbocycles. The number of benzene rings is 1. The van der Waals surface area contributed by atoms with Crippen LogP contribution in [-0.4, -0.2) is 31.6 Å². The maximum absolute atomic E-state index is 6.68. The molecule has 28 heavy (non-hydrogen) atoms. The van der Waals surface area contributed by atoms with Gasteiger partial charge in [-0.2, -0.15) is 10.2 Å². The summed E-state index contributed by atoms with van der Waals surface area (Å²) in [6.07, 6.45) is 2.27. The number of aromatic amines is 1. The second-order valence-corrected chi connectivity index (χ2v) is 7.76. The molecule has 146 valence electrons. The van der Waals surface area contributed by atoms with E-state index in [4.69, 9.17) is 22.3 Å². The van der Waals surface area contributed by atoms with E-state index < -0.39 is 5.79 Å². The Labute approximate surface area is 168 Å². The first kappa shape index (κ1) is 18.5. The number of hydrogen-bond donors (Lipinski definition) is 4. The molecule has 4 rings (SSSR count). The minimum absolute atomic E-state index is 0.169. The van der Waals surface area contributed by atoms with Crippen molar-refractivity contribution in [3.8, 4) is 0 Å². The summed E-state index contributed by atoms with van der Waals surface area (Å²) in [6.45, 7) is 6.09. The number of nitrogens with two attached hydrogens (primary N) is 1. The molecule has 1 atom stereocenters. The fourth-order valence-corrected chi connectivity index (χ4v) is 3.37. The van der Waals surface area contributed by atoms with Gasteiger partial charge in [0.1, 0.15) is 11.7 Å². The Morgan fingerprint density at radius 1 is 1.29 bits per heavy atom. The maximum atomic E-state index is 6.68. The fourth-order valence-electron chi connectivity index (χ4n) is 3.24. The normalized spacial score (nSPS) is 18.6. The third-order valence-corrected chi connectivity index (χ3v) is 4.78. The topological polar surface area (TPSA) is 109 Å². The molecule has 0 aliphatic carbocycles. The van der Waals surface area contributed by atoms with E-state index in [1.165, 1.54) is 0 Å². The number of nitrogens with zero attached hydrogens (tertiary/aromatic N) is 4. The number of aryl methyl sites for hydroxylation is 1. The Kier molecular flexibility index (Phi) is 4.60. The largest absolute Gasteiger partial charge is 0.333 e. The van der Waals surface area contributed by atoms with Crippen LogP contribution in [0.2, 0.25) is 5.02 Å². The van der Waals surface area contributed by atoms with Crippen molar-refractivity contribution in [2.45, 2.75) is 39.0 Å². The summed E-state index contributed by atoms with van der Waals surface area (Å²) in [5.74, 6) is 1.09. The highest BCUT2D eigenvalue weighted by Gasteiger charge is 2.34. The number of amidine groups is 1. The zero-order chi connectivity index (χ0) is 19.9. The molecule has 3 heterocycles. The van der Waals surface area contributed by atoms with Gasteiger partial charge in [0, 0.05) is 29.2 Å². The molecule has 0 spiro atoms. The number of H-pyrrole nitrogens is 1. The van der Waals surface area contributed by atoms with E-state index in [0.29, 0.717) is 23.1 Å². The van der Waals surface area contributed by atoms with Gasteiger partial charge in [0.05, 0.1) is 11.8 Å². The monoisotopic (exact) mass is 398 g/mol. The van der Waals surface area contributed by atoms with E-state index in [1.54, 1.807) is 6.20 Å². The van der Waals surface area contributed by atoms with Crippen molar-refractivity contribution in [2.24, 2.45) is 10.7 Å². The summed E-state index contributed by atoms with van der Waals surface area (Å²) in [4.78, 5) is 4.78. The van der Waals surface area contributed by atoms with Crippen molar-refractivity contribution in [3.05, 3.63) is 58.4 Å². The van der Waals surface area contributed by atoms with Crippen molar-refractivity contribution in [2.75, 3.05) is 10.6 Å². The van der Waals surface area contributed by atoms with E-state index >= 15 is 0 Å². The molecule has 1 aromatic carbocycles. The summed E-state index contributed by atoms with van der Waals surface area (Å²) >= 11 is 6.01. The number of anilines is 2. The van der Waals surface area contributed by atoms with Crippen molar-refractivity contribution < 1.29 is 0 Å². The third kappa shape index (κ3) is 3.61. The Morgan fingerprint density at radius 3 is 2.68 bits per heavy atom. The molecule has 1 unspecified atom stereocenters. The molecule has 0 bridgehead atoms. The summed E-state index contributed by atoms with van der Waals surface area (Å²) in [7, 11) is 0. The first-order chi connectivity index (χ1) is 13.3. The number of nitrogens with one attached hydrogen (secondary N) is 3. The van der Waals surface area contributed by atoms with Crippen LogP contribution in [0.1, 0.15) is 36.7 Å². The van der Waals surface area contributed by atoms with Gasteiger partial charge in [-0.05, 0) is 38.5 Å². The Bertz CT molecular complexity index is 1020. The van der Waals surface area contributed by atoms with Gasteiger partial charge >= 0.3 is 0 Å². The number of aromatic nitrogens is 4. The van der Waals surface area contributed by atoms with E-state index in [1.807, 2.05) is 41.9 Å². The first-order valence-electron chi connectivity index (χ1n) is 9.11. The quantitative estimate of drug-likeness (QED) is 0.539. The minimum Gasteiger partial charge on any atom is -0.333 e. The lowest BCUT2D eigenvalue weighted by molar-refractivity contribution is 0.478. The second kappa shape index (κ2) is 6.96. The van der Waals surface area contributed by atoms with Gasteiger partial charge in [-0.3, -0.25) is 10.8 Å². The Balaban J connectivity index is 1.73. The van der Waals surface area contributed by atoms with Crippen molar-refractivity contribution in [1.29, 1.82) is 0 Å². The predicted molar refractivity (Wildman–Crippen MR) is 112 cm³/mol. The molecule has 0 radical (unpaired) electrons. The first-order valence-corrected chi connectivity index (χ1v) is 9.49. The molecule has 2 aromatic heterocycles. The average Bonchev–Trinajstić information content (AvgIpc) is 3.23. The van der Waals surface area contributed by atoms with Gasteiger partial charge in [0.2, 0.25) is 0 Å². The molecule has 8 nitrogen and oxygen atoms in total. The zero-order valence-electron chi connectivity index (χ0n) is 16.0. The van der Waals surface area contributed by atoms with Gasteiger partial charge in [-0.1, -0.05) is 23.7 Å². The molecule has 0 fully saturated rings. The summed E-state index contributed by atoms with van der Waals surface area (Å²) < 4.78 is 1.91. The number of aliphatic imine (C=N–C) groups is 1. The van der Waals surface area contributed by atoms with Crippen LogP contribution in [0.15, 0.2) is 41.5 Å². The lowest BCUT2D eigenvalue weighted by Gasteiger charge is -2.33. The number of halogens is 1. The van der Waals surface area contributed by atoms with Crippen LogP contribution in [0.5, 0.6) is 0 Å². The number of hydrogen-bond acceptors (Lipinski definition) is 6. The van der Waals surface area contributed by atoms with Crippen LogP contribution in [0, 0.1) is 6.92 Å². The van der Waals surface area contributed by atoms with Crippen LogP contribution in [0.25, 0.3) is 0 Å². The molecule has 1 aliphatic heterocycles. The fraction of sp³-hybridized carbons (Fsp3) is 0.316.